The molecule has 5 heterocycles. The lowest BCUT2D eigenvalue weighted by Gasteiger charge is -2.33. The largest absolute Gasteiger partial charge is 0.480 e. The number of anilines is 1. The van der Waals surface area contributed by atoms with Gasteiger partial charge in [-0.15, -0.1) is 0 Å². The molecular formula is C72H145B5N20O30S5. The van der Waals surface area contributed by atoms with Gasteiger partial charge in [-0.2, -0.15) is 80.8 Å². The minimum Gasteiger partial charge on any atom is -0.480 e. The summed E-state index contributed by atoms with van der Waals surface area (Å²) in [5.41, 5.74) is 49.9. The molecular weight excluding hydrogens is 1840 g/mol. The van der Waals surface area contributed by atoms with E-state index in [-0.39, 0.29) is 185 Å². The summed E-state index contributed by atoms with van der Waals surface area (Å²) in [6.45, 7) is 11.0. The molecule has 132 heavy (non-hydrogen) atoms. The van der Waals surface area contributed by atoms with Gasteiger partial charge in [0.05, 0.1) is 11.7 Å². The summed E-state index contributed by atoms with van der Waals surface area (Å²) >= 11 is 0. The number of likely N-dealkylation sites (N-methyl/N-ethyl adjacent to an activating group) is 2. The lowest BCUT2D eigenvalue weighted by Crippen LogP contribution is -2.56. The number of nitrogens with zero attached hydrogens (tertiary/aromatic N) is 10. The summed E-state index contributed by atoms with van der Waals surface area (Å²) in [5, 5.41) is 137. The van der Waals surface area contributed by atoms with Gasteiger partial charge < -0.3 is 133 Å². The molecule has 35 N–H and O–H groups in total. The van der Waals surface area contributed by atoms with Crippen LogP contribution in [0.2, 0.25) is 31.6 Å². The highest BCUT2D eigenvalue weighted by Crippen LogP contribution is 2.46. The first-order chi connectivity index (χ1) is 60.7. The smallest absolute Gasteiger partial charge is 0.451 e. The lowest BCUT2D eigenvalue weighted by atomic mass is 9.78. The molecule has 8 fully saturated rings. The van der Waals surface area contributed by atoms with Crippen LogP contribution in [-0.2, 0) is 75.0 Å². The van der Waals surface area contributed by atoms with Crippen molar-refractivity contribution in [2.75, 3.05) is 110 Å². The summed E-state index contributed by atoms with van der Waals surface area (Å²) in [6.07, 6.45) is 6.86. The van der Waals surface area contributed by atoms with Crippen LogP contribution in [-0.4, -0.2) is 402 Å². The highest BCUT2D eigenvalue weighted by molar-refractivity contribution is 7.90. The minimum absolute atomic E-state index is 0.00678. The van der Waals surface area contributed by atoms with Crippen LogP contribution in [0.15, 0.2) is 30.3 Å². The Morgan fingerprint density at radius 2 is 0.788 bits per heavy atom. The van der Waals surface area contributed by atoms with Crippen LogP contribution in [0.3, 0.4) is 0 Å². The van der Waals surface area contributed by atoms with E-state index in [1.165, 1.54) is 24.3 Å². The van der Waals surface area contributed by atoms with Gasteiger partial charge >= 0.3 is 75.6 Å². The second-order valence-corrected chi connectivity index (χ2v) is 46.9. The first-order valence-corrected chi connectivity index (χ1v) is 51.2. The van der Waals surface area contributed by atoms with Crippen molar-refractivity contribution < 1.29 is 142 Å². The average molecular weight is 1990 g/mol. The van der Waals surface area contributed by atoms with E-state index in [1.807, 2.05) is 0 Å². The predicted molar refractivity (Wildman–Crippen MR) is 492 cm³/mol. The molecule has 0 amide bonds. The summed E-state index contributed by atoms with van der Waals surface area (Å²) in [7, 11) is -25.7. The van der Waals surface area contributed by atoms with E-state index in [1.54, 1.807) is 78.8 Å². The predicted octanol–water partition coefficient (Wildman–Crippen LogP) is -9.05. The third-order valence-corrected chi connectivity index (χ3v) is 35.7. The molecule has 9 rings (SSSR count). The van der Waals surface area contributed by atoms with E-state index in [4.69, 9.17) is 108 Å². The van der Waals surface area contributed by atoms with Crippen LogP contribution in [0.25, 0.3) is 0 Å². The van der Waals surface area contributed by atoms with Gasteiger partial charge in [-0.05, 0) is 149 Å². The number of benzene rings is 1. The van der Waals surface area contributed by atoms with Gasteiger partial charge in [-0.1, -0.05) is 57.2 Å². The maximum Gasteiger partial charge on any atom is 0.451 e. The average Bonchev–Trinajstić information content (AvgIpc) is 1.54. The van der Waals surface area contributed by atoms with Crippen molar-refractivity contribution in [1.82, 2.24) is 38.7 Å². The quantitative estimate of drug-likeness (QED) is 0.0269. The van der Waals surface area contributed by atoms with Gasteiger partial charge in [-0.25, -0.2) is 0 Å². The number of carbonyl (C=O) groups is 5. The molecule has 4 unspecified atom stereocenters. The molecule has 0 aromatic heterocycles. The van der Waals surface area contributed by atoms with Gasteiger partial charge in [0.25, 0.3) is 40.8 Å². The topological polar surface area (TPSA) is 852 Å². The van der Waals surface area contributed by atoms with Crippen LogP contribution in [0.4, 0.5) is 5.69 Å². The van der Waals surface area contributed by atoms with Crippen LogP contribution in [0, 0.1) is 29.6 Å². The minimum atomic E-state index is -4.06. The molecule has 0 radical (unpaired) electrons. The molecule has 14 atom stereocenters. The highest BCUT2D eigenvalue weighted by Gasteiger charge is 2.62. The zero-order chi connectivity index (χ0) is 101. The van der Waals surface area contributed by atoms with E-state index >= 15 is 0 Å². The van der Waals surface area contributed by atoms with Crippen molar-refractivity contribution in [2.45, 2.75) is 251 Å². The number of aliphatic carboxylic acids is 5. The molecule has 758 valence electrons. The fraction of sp³-hybridized carbons (Fsp3) is 0.847. The number of nitrogens with two attached hydrogens (primary N) is 10. The zero-order valence-electron chi connectivity index (χ0n) is 76.5. The molecule has 0 spiro atoms. The van der Waals surface area contributed by atoms with Crippen molar-refractivity contribution in [3.63, 3.8) is 0 Å². The molecule has 3 aliphatic carbocycles. The third kappa shape index (κ3) is 29.9. The molecule has 60 heteroatoms. The molecule has 3 saturated carbocycles. The molecule has 8 aliphatic rings. The van der Waals surface area contributed by atoms with Gasteiger partial charge in [0.15, 0.2) is 0 Å². The van der Waals surface area contributed by atoms with Gasteiger partial charge in [0.2, 0.25) is 0 Å². The van der Waals surface area contributed by atoms with Crippen LogP contribution >= 0.6 is 0 Å². The summed E-state index contributed by atoms with van der Waals surface area (Å²) in [5.74, 6) is -9.46. The van der Waals surface area contributed by atoms with E-state index in [0.717, 1.165) is 38.7 Å². The van der Waals surface area contributed by atoms with Crippen molar-refractivity contribution in [3.8, 4) is 0 Å². The van der Waals surface area contributed by atoms with Crippen molar-refractivity contribution in [2.24, 2.45) is 86.9 Å². The van der Waals surface area contributed by atoms with E-state index in [0.29, 0.717) is 69.9 Å². The van der Waals surface area contributed by atoms with E-state index in [2.05, 4.69) is 0 Å². The van der Waals surface area contributed by atoms with Crippen molar-refractivity contribution >= 4 is 122 Å². The molecule has 1 aromatic carbocycles. The van der Waals surface area contributed by atoms with Gasteiger partial charge in [-0.3, -0.25) is 28.3 Å². The van der Waals surface area contributed by atoms with E-state index in [9.17, 15) is 91.6 Å². The monoisotopic (exact) mass is 1980 g/mol. The van der Waals surface area contributed by atoms with Crippen LogP contribution in [0.5, 0.6) is 0 Å². The Morgan fingerprint density at radius 3 is 1.03 bits per heavy atom. The van der Waals surface area contributed by atoms with E-state index < -0.39 is 185 Å². The third-order valence-electron chi connectivity index (χ3n) is 25.6. The Labute approximate surface area is 776 Å². The summed E-state index contributed by atoms with van der Waals surface area (Å²) < 4.78 is 143. The Morgan fingerprint density at radius 1 is 0.492 bits per heavy atom. The number of carboxylic acids is 5. The molecule has 1 aromatic rings. The lowest BCUT2D eigenvalue weighted by molar-refractivity contribution is -0.145. The Bertz CT molecular complexity index is 4460. The maximum atomic E-state index is 13.5. The van der Waals surface area contributed by atoms with Gasteiger partial charge in [0, 0.05) is 176 Å². The number of rotatable bonds is 48. The summed E-state index contributed by atoms with van der Waals surface area (Å²) in [6, 6.07) is 6.71. The first kappa shape index (κ1) is 118. The molecule has 0 bridgehead atoms. The van der Waals surface area contributed by atoms with Crippen molar-refractivity contribution in [3.05, 3.63) is 30.3 Å². The number of carboxylic acid groups (broad SMARTS) is 5. The maximum absolute atomic E-state index is 13.5. The number of para-hydroxylation sites is 1. The SMILES string of the molecule is CC(CN)N(C1CC1)S(=O)(=O)N1C[C@H](CCCB(O)O)[C@](N)(C(=O)O)C1.CC(N)CN(C(C)C)S(=O)(=O)N1C[C@H](CCCB(O)O)[C@](N)(C(=O)O)C1.CCN(C1(CN)CC1)S(=O)(=O)N1C[C@H](CCCB(O)O)[C@](N)(C(=O)O)C1.CN(CC(C)(C)N)S(=O)(=O)N1C[C@H](CCCB(O)O)[C@](N)(C(=O)O)C1.NC1CC1N(c1ccccc1)S(=O)(=O)N1C[C@H](CCCB(O)O)[C@](N)(C(=O)O)C1. The zero-order valence-corrected chi connectivity index (χ0v) is 80.6. The Hall–Kier alpha value is -4.72. The molecule has 5 aliphatic heterocycles. The summed E-state index contributed by atoms with van der Waals surface area (Å²) in [4.78, 5) is 58.7. The second-order valence-electron chi connectivity index (χ2n) is 37.5. The Balaban J connectivity index is 0.000000292. The first-order valence-electron chi connectivity index (χ1n) is 44.2. The normalized spacial score (nSPS) is 27.6. The fourth-order valence-electron chi connectivity index (χ4n) is 17.5. The molecule has 5 saturated heterocycles. The Kier molecular flexibility index (Phi) is 42.8. The van der Waals surface area contributed by atoms with Crippen LogP contribution < -0.4 is 61.6 Å². The van der Waals surface area contributed by atoms with Crippen molar-refractivity contribution in [1.29, 1.82) is 0 Å². The van der Waals surface area contributed by atoms with Gasteiger partial charge in [0.1, 0.15) is 27.7 Å². The number of hydrogen-bond acceptors (Lipinski definition) is 35. The fourth-order valence-corrected chi connectivity index (χ4v) is 27.3. The highest BCUT2D eigenvalue weighted by atomic mass is 32.2. The standard InChI is InChI=1S/C17H27BN4O6S.2C14H29BN4O6S.C14H31BN4O6S.C13H29BN4O6S/c19-14-9-15(14)22(13-6-2-1-3-7-13)29(27,28)21-10-12(5-4-8-18(25)26)17(20,11-21)16(23)24;1-10(7-16)19(12-4-5-12)26(24,25)18-8-11(3-2-6-15(22)23)14(17,9-18)13(20)21;1-2-19(13(9-16)5-6-13)26(24,25)18-8-11(4-3-7-15(22)23)14(17,10-18)12(20)21;1-10(2)19(7-11(3)16)26(24,25)18-8-12(5-4-6-15(22)23)14(17,9-18)13(20)21;1-12(2,15)8-17(3)25(23,24)18-7-10(5-4-6-14(21)22)13(16,9-18)11(19)20/h1-3,6-7,12,14-15,25-26H,4-5,8-11,19-20H2,(H,23,24);10-12,22-23H,2-9,16-17H2,1H3,(H,20,21);11,22-23H,2-10,16-17H2,1H3,(H,20,21);10-12,22-23H,4-9,16-17H2,1-3H3,(H,20,21);10,21-22H,4-9,15-16H2,1-3H3,(H,19,20)/t12-,14?,15?,17-;10?,11-,14-;11-,14-;11?,12-,14-;10-,13-/m00000/s1. The van der Waals surface area contributed by atoms with Crippen LogP contribution in [0.1, 0.15) is 145 Å². The number of hydrogen-bond donors (Lipinski definition) is 25. The molecule has 50 nitrogen and oxygen atoms in total. The second kappa shape index (κ2) is 48.0.